The molecule has 0 aliphatic rings. The molecule has 0 bridgehead atoms. The number of nitrogens with two attached hydrogens (primary N) is 2. The van der Waals surface area contributed by atoms with Gasteiger partial charge in [0.25, 0.3) is 0 Å². The number of carbonyl (C=O) groups excluding carboxylic acids is 1. The molecule has 15 heavy (non-hydrogen) atoms. The van der Waals surface area contributed by atoms with E-state index in [4.69, 9.17) is 11.5 Å². The molecule has 1 rings (SSSR count). The molecule has 0 aliphatic heterocycles. The van der Waals surface area contributed by atoms with Crippen molar-refractivity contribution < 1.29 is 4.79 Å². The third-order valence-corrected chi connectivity index (χ3v) is 2.56. The predicted octanol–water partition coefficient (Wildman–Crippen LogP) is 0.829. The first-order valence-corrected chi connectivity index (χ1v) is 5.32. The molecule has 0 aliphatic carbocycles. The van der Waals surface area contributed by atoms with Crippen molar-refractivity contribution in [1.82, 2.24) is 0 Å². The van der Waals surface area contributed by atoms with Crippen LogP contribution in [0.25, 0.3) is 0 Å². The normalized spacial score (nSPS) is 10.1. The van der Waals surface area contributed by atoms with Crippen molar-refractivity contribution in [3.8, 4) is 0 Å². The van der Waals surface area contributed by atoms with E-state index >= 15 is 0 Å². The molecule has 0 heterocycles. The van der Waals surface area contributed by atoms with Gasteiger partial charge in [-0.1, -0.05) is 15.9 Å². The number of hydrogen-bond donors (Lipinski definition) is 2. The van der Waals surface area contributed by atoms with Crippen molar-refractivity contribution in [2.45, 2.75) is 6.54 Å². The fourth-order valence-corrected chi connectivity index (χ4v) is 1.82. The summed E-state index contributed by atoms with van der Waals surface area (Å²) in [6, 6.07) is 5.76. The molecular formula is C10H14BrN3O. The Morgan fingerprint density at radius 3 is 2.73 bits per heavy atom. The lowest BCUT2D eigenvalue weighted by molar-refractivity contribution is -0.116. The van der Waals surface area contributed by atoms with Crippen LogP contribution in [0.2, 0.25) is 0 Å². The molecule has 4 N–H and O–H groups in total. The van der Waals surface area contributed by atoms with Crippen molar-refractivity contribution in [1.29, 1.82) is 0 Å². The minimum absolute atomic E-state index is 0.189. The Morgan fingerprint density at radius 1 is 1.53 bits per heavy atom. The highest BCUT2D eigenvalue weighted by Gasteiger charge is 2.08. The number of carbonyl (C=O) groups is 1. The third kappa shape index (κ3) is 3.21. The second kappa shape index (κ2) is 5.14. The van der Waals surface area contributed by atoms with Crippen molar-refractivity contribution in [2.75, 3.05) is 18.5 Å². The number of likely N-dealkylation sites (N-methyl/N-ethyl adjacent to an activating group) is 1. The summed E-state index contributed by atoms with van der Waals surface area (Å²) in [7, 11) is 1.81. The lowest BCUT2D eigenvalue weighted by Crippen LogP contribution is -2.31. The molecular weight excluding hydrogens is 258 g/mol. The second-order valence-corrected chi connectivity index (χ2v) is 4.22. The largest absolute Gasteiger partial charge is 0.368 e. The van der Waals surface area contributed by atoms with Crippen LogP contribution in [0.5, 0.6) is 0 Å². The van der Waals surface area contributed by atoms with Crippen molar-refractivity contribution in [2.24, 2.45) is 11.5 Å². The molecule has 4 nitrogen and oxygen atoms in total. The van der Waals surface area contributed by atoms with Gasteiger partial charge in [-0.3, -0.25) is 4.79 Å². The van der Waals surface area contributed by atoms with Crippen molar-refractivity contribution in [3.05, 3.63) is 28.2 Å². The molecule has 0 spiro atoms. The summed E-state index contributed by atoms with van der Waals surface area (Å²) >= 11 is 3.37. The summed E-state index contributed by atoms with van der Waals surface area (Å²) in [5, 5.41) is 0. The smallest absolute Gasteiger partial charge is 0.236 e. The van der Waals surface area contributed by atoms with E-state index in [1.807, 2.05) is 25.2 Å². The first-order chi connectivity index (χ1) is 7.04. The monoisotopic (exact) mass is 271 g/mol. The van der Waals surface area contributed by atoms with Crippen LogP contribution in [0.4, 0.5) is 5.69 Å². The number of primary amides is 1. The first kappa shape index (κ1) is 12.0. The summed E-state index contributed by atoms with van der Waals surface area (Å²) in [6.07, 6.45) is 0. The van der Waals surface area contributed by atoms with E-state index in [-0.39, 0.29) is 12.5 Å². The number of hydrogen-bond acceptors (Lipinski definition) is 3. The summed E-state index contributed by atoms with van der Waals surface area (Å²) in [5.74, 6) is -0.358. The zero-order valence-corrected chi connectivity index (χ0v) is 10.1. The molecule has 1 aromatic rings. The maximum absolute atomic E-state index is 10.8. The Hall–Kier alpha value is -1.07. The van der Waals surface area contributed by atoms with Gasteiger partial charge in [-0.2, -0.15) is 0 Å². The number of rotatable bonds is 4. The molecule has 0 aromatic heterocycles. The minimum Gasteiger partial charge on any atom is -0.368 e. The van der Waals surface area contributed by atoms with Gasteiger partial charge < -0.3 is 16.4 Å². The van der Waals surface area contributed by atoms with E-state index in [2.05, 4.69) is 15.9 Å². The standard InChI is InChI=1S/C10H14BrN3O/c1-14(6-10(13)15)9-3-2-8(11)4-7(9)5-12/h2-4H,5-6,12H2,1H3,(H2,13,15). The molecule has 0 saturated carbocycles. The molecule has 0 unspecified atom stereocenters. The lowest BCUT2D eigenvalue weighted by Gasteiger charge is -2.20. The van der Waals surface area contributed by atoms with Crippen LogP contribution >= 0.6 is 15.9 Å². The number of anilines is 1. The summed E-state index contributed by atoms with van der Waals surface area (Å²) in [6.45, 7) is 0.618. The molecule has 1 amide bonds. The molecule has 0 saturated heterocycles. The van der Waals surface area contributed by atoms with Crippen LogP contribution in [0.3, 0.4) is 0 Å². The first-order valence-electron chi connectivity index (χ1n) is 4.52. The summed E-state index contributed by atoms with van der Waals surface area (Å²) in [4.78, 5) is 12.6. The van der Waals surface area contributed by atoms with E-state index in [0.717, 1.165) is 15.7 Å². The van der Waals surface area contributed by atoms with Gasteiger partial charge in [-0.15, -0.1) is 0 Å². The number of nitrogens with zero attached hydrogens (tertiary/aromatic N) is 1. The molecule has 82 valence electrons. The Balaban J connectivity index is 2.97. The van der Waals surface area contributed by atoms with Crippen molar-refractivity contribution >= 4 is 27.5 Å². The van der Waals surface area contributed by atoms with E-state index in [1.54, 1.807) is 4.90 Å². The number of halogens is 1. The van der Waals surface area contributed by atoms with E-state index in [9.17, 15) is 4.79 Å². The van der Waals surface area contributed by atoms with Gasteiger partial charge in [-0.05, 0) is 23.8 Å². The van der Waals surface area contributed by atoms with Gasteiger partial charge in [0.05, 0.1) is 6.54 Å². The minimum atomic E-state index is -0.358. The third-order valence-electron chi connectivity index (χ3n) is 2.07. The fourth-order valence-electron chi connectivity index (χ4n) is 1.41. The maximum atomic E-state index is 10.8. The highest BCUT2D eigenvalue weighted by molar-refractivity contribution is 9.10. The van der Waals surface area contributed by atoms with E-state index in [1.165, 1.54) is 0 Å². The number of benzene rings is 1. The predicted molar refractivity (Wildman–Crippen MR) is 64.5 cm³/mol. The Labute approximate surface area is 97.4 Å². The number of amides is 1. The topological polar surface area (TPSA) is 72.3 Å². The quantitative estimate of drug-likeness (QED) is 0.852. The van der Waals surface area contributed by atoms with Gasteiger partial charge >= 0.3 is 0 Å². The Kier molecular flexibility index (Phi) is 4.11. The van der Waals surface area contributed by atoms with Gasteiger partial charge in [0, 0.05) is 23.8 Å². The lowest BCUT2D eigenvalue weighted by atomic mass is 10.1. The highest BCUT2D eigenvalue weighted by Crippen LogP contribution is 2.23. The highest BCUT2D eigenvalue weighted by atomic mass is 79.9. The van der Waals surface area contributed by atoms with Crippen LogP contribution in [0, 0.1) is 0 Å². The average Bonchev–Trinajstić information content (AvgIpc) is 2.16. The van der Waals surface area contributed by atoms with Crippen LogP contribution in [0.15, 0.2) is 22.7 Å². The van der Waals surface area contributed by atoms with Gasteiger partial charge in [0.2, 0.25) is 5.91 Å². The molecule has 5 heteroatoms. The maximum Gasteiger partial charge on any atom is 0.236 e. The van der Waals surface area contributed by atoms with E-state index < -0.39 is 0 Å². The Morgan fingerprint density at radius 2 is 2.20 bits per heavy atom. The van der Waals surface area contributed by atoms with Crippen LogP contribution in [-0.2, 0) is 11.3 Å². The van der Waals surface area contributed by atoms with E-state index in [0.29, 0.717) is 6.54 Å². The zero-order valence-electron chi connectivity index (χ0n) is 8.53. The molecule has 0 atom stereocenters. The van der Waals surface area contributed by atoms with Gasteiger partial charge in [0.15, 0.2) is 0 Å². The molecule has 0 radical (unpaired) electrons. The SMILES string of the molecule is CN(CC(N)=O)c1ccc(Br)cc1CN. The zero-order chi connectivity index (χ0) is 11.4. The fraction of sp³-hybridized carbons (Fsp3) is 0.300. The summed E-state index contributed by atoms with van der Waals surface area (Å²) in [5.41, 5.74) is 12.7. The van der Waals surface area contributed by atoms with Crippen LogP contribution < -0.4 is 16.4 Å². The average molecular weight is 272 g/mol. The molecule has 0 fully saturated rings. The van der Waals surface area contributed by atoms with Gasteiger partial charge in [-0.25, -0.2) is 0 Å². The van der Waals surface area contributed by atoms with Crippen LogP contribution in [0.1, 0.15) is 5.56 Å². The Bertz CT molecular complexity index is 368. The van der Waals surface area contributed by atoms with Crippen LogP contribution in [-0.4, -0.2) is 19.5 Å². The second-order valence-electron chi connectivity index (χ2n) is 3.30. The van der Waals surface area contributed by atoms with Gasteiger partial charge in [0.1, 0.15) is 0 Å². The summed E-state index contributed by atoms with van der Waals surface area (Å²) < 4.78 is 0.971. The van der Waals surface area contributed by atoms with Crippen molar-refractivity contribution in [3.63, 3.8) is 0 Å². The molecule has 1 aromatic carbocycles.